The van der Waals surface area contributed by atoms with Crippen LogP contribution in [0.15, 0.2) is 24.3 Å². The molecule has 1 N–H and O–H groups in total. The molecule has 2 rings (SSSR count). The highest BCUT2D eigenvalue weighted by atomic mass is 35.5. The summed E-state index contributed by atoms with van der Waals surface area (Å²) in [4.78, 5) is 25.5. The normalized spacial score (nSPS) is 11.2. The van der Waals surface area contributed by atoms with Crippen LogP contribution in [-0.4, -0.2) is 18.0 Å². The Morgan fingerprint density at radius 3 is 2.50 bits per heavy atom. The van der Waals surface area contributed by atoms with Crippen LogP contribution >= 0.6 is 34.5 Å². The Bertz CT molecular complexity index is 872. The number of carbonyl (C=O) groups excluding carboxylic acids is 2. The number of esters is 1. The fourth-order valence-corrected chi connectivity index (χ4v) is 3.53. The van der Waals surface area contributed by atoms with Gasteiger partial charge >= 0.3 is 5.97 Å². The molecule has 0 bridgehead atoms. The van der Waals surface area contributed by atoms with Crippen LogP contribution in [0.1, 0.15) is 40.2 Å². The zero-order chi connectivity index (χ0) is 19.4. The molecule has 4 nitrogen and oxygen atoms in total. The summed E-state index contributed by atoms with van der Waals surface area (Å²) in [6.07, 6.45) is 2.76. The van der Waals surface area contributed by atoms with Crippen molar-refractivity contribution in [2.75, 3.05) is 5.32 Å². The first-order valence-electron chi connectivity index (χ1n) is 7.94. The molecular formula is C19H19Cl2NO3S. The summed E-state index contributed by atoms with van der Waals surface area (Å²) in [5.74, 6) is -0.790. The maximum absolute atomic E-state index is 12.3. The van der Waals surface area contributed by atoms with Gasteiger partial charge in [0.25, 0.3) is 0 Å². The van der Waals surface area contributed by atoms with E-state index in [0.29, 0.717) is 20.6 Å². The van der Waals surface area contributed by atoms with E-state index >= 15 is 0 Å². The lowest BCUT2D eigenvalue weighted by atomic mass is 10.1. The standard InChI is InChI=1S/C19H19Cl2NO3S/c1-10(2)25-19(24)17-11(3)12(4)26-18(17)22-16(23)8-6-13-5-7-14(20)15(21)9-13/h5-10H,1-4H3,(H,22,23). The smallest absolute Gasteiger partial charge is 0.341 e. The van der Waals surface area contributed by atoms with E-state index in [1.165, 1.54) is 17.4 Å². The Kier molecular flexibility index (Phi) is 6.87. The van der Waals surface area contributed by atoms with E-state index in [2.05, 4.69) is 5.32 Å². The maximum atomic E-state index is 12.3. The first-order chi connectivity index (χ1) is 12.2. The van der Waals surface area contributed by atoms with Crippen molar-refractivity contribution < 1.29 is 14.3 Å². The molecule has 0 fully saturated rings. The number of aryl methyl sites for hydroxylation is 1. The SMILES string of the molecule is Cc1sc(NC(=O)C=Cc2ccc(Cl)c(Cl)c2)c(C(=O)OC(C)C)c1C. The Morgan fingerprint density at radius 1 is 1.19 bits per heavy atom. The van der Waals surface area contributed by atoms with E-state index in [9.17, 15) is 9.59 Å². The minimum Gasteiger partial charge on any atom is -0.459 e. The number of benzene rings is 1. The van der Waals surface area contributed by atoms with E-state index in [-0.39, 0.29) is 12.0 Å². The molecule has 7 heteroatoms. The van der Waals surface area contributed by atoms with Gasteiger partial charge in [-0.2, -0.15) is 0 Å². The molecule has 1 aromatic carbocycles. The van der Waals surface area contributed by atoms with Crippen LogP contribution in [0.5, 0.6) is 0 Å². The summed E-state index contributed by atoms with van der Waals surface area (Å²) < 4.78 is 5.28. The number of thiophene rings is 1. The predicted octanol–water partition coefficient (Wildman–Crippen LogP) is 5.89. The van der Waals surface area contributed by atoms with Crippen LogP contribution in [0.3, 0.4) is 0 Å². The lowest BCUT2D eigenvalue weighted by Crippen LogP contribution is -2.15. The quantitative estimate of drug-likeness (QED) is 0.492. The molecule has 1 amide bonds. The number of amides is 1. The highest BCUT2D eigenvalue weighted by Gasteiger charge is 2.22. The van der Waals surface area contributed by atoms with Gasteiger partial charge in [-0.15, -0.1) is 11.3 Å². The van der Waals surface area contributed by atoms with Crippen molar-refractivity contribution in [3.8, 4) is 0 Å². The number of nitrogens with one attached hydrogen (secondary N) is 1. The third-order valence-corrected chi connectivity index (χ3v) is 5.40. The second-order valence-corrected chi connectivity index (χ2v) is 7.98. The van der Waals surface area contributed by atoms with Gasteiger partial charge in [-0.05, 0) is 57.0 Å². The number of carbonyl (C=O) groups is 2. The van der Waals surface area contributed by atoms with Gasteiger partial charge in [-0.1, -0.05) is 29.3 Å². The molecule has 0 aliphatic heterocycles. The summed E-state index contributed by atoms with van der Waals surface area (Å²) >= 11 is 13.2. The second kappa shape index (κ2) is 8.71. The molecule has 0 aliphatic rings. The number of hydrogen-bond acceptors (Lipinski definition) is 4. The number of hydrogen-bond donors (Lipinski definition) is 1. The molecule has 1 aromatic heterocycles. The maximum Gasteiger partial charge on any atom is 0.341 e. The van der Waals surface area contributed by atoms with Crippen molar-refractivity contribution in [2.24, 2.45) is 0 Å². The van der Waals surface area contributed by atoms with Crippen LogP contribution < -0.4 is 5.32 Å². The van der Waals surface area contributed by atoms with Gasteiger partial charge in [0.05, 0.1) is 21.7 Å². The second-order valence-electron chi connectivity index (χ2n) is 5.94. The van der Waals surface area contributed by atoms with Gasteiger partial charge < -0.3 is 10.1 Å². The zero-order valence-electron chi connectivity index (χ0n) is 14.9. The lowest BCUT2D eigenvalue weighted by Gasteiger charge is -2.09. The minimum atomic E-state index is -0.439. The monoisotopic (exact) mass is 411 g/mol. The zero-order valence-corrected chi connectivity index (χ0v) is 17.2. The fraction of sp³-hybridized carbons (Fsp3) is 0.263. The van der Waals surface area contributed by atoms with Crippen molar-refractivity contribution in [1.82, 2.24) is 0 Å². The van der Waals surface area contributed by atoms with Crippen LogP contribution in [-0.2, 0) is 9.53 Å². The molecule has 26 heavy (non-hydrogen) atoms. The Labute approximate surface area is 166 Å². The average Bonchev–Trinajstić information content (AvgIpc) is 2.82. The molecular weight excluding hydrogens is 393 g/mol. The molecule has 0 saturated carbocycles. The number of rotatable bonds is 5. The van der Waals surface area contributed by atoms with Gasteiger partial charge in [-0.3, -0.25) is 4.79 Å². The van der Waals surface area contributed by atoms with Gasteiger partial charge in [0.2, 0.25) is 5.91 Å². The number of ether oxygens (including phenoxy) is 1. The van der Waals surface area contributed by atoms with E-state index < -0.39 is 5.97 Å². The summed E-state index contributed by atoms with van der Waals surface area (Å²) in [6, 6.07) is 5.08. The van der Waals surface area contributed by atoms with Crippen molar-refractivity contribution >= 4 is 57.5 Å². The van der Waals surface area contributed by atoms with Crippen molar-refractivity contribution in [1.29, 1.82) is 0 Å². The van der Waals surface area contributed by atoms with Gasteiger partial charge in [0, 0.05) is 11.0 Å². The fourth-order valence-electron chi connectivity index (χ4n) is 2.18. The van der Waals surface area contributed by atoms with Crippen LogP contribution in [0.2, 0.25) is 10.0 Å². The number of anilines is 1. The van der Waals surface area contributed by atoms with Crippen molar-refractivity contribution in [3.05, 3.63) is 55.9 Å². The van der Waals surface area contributed by atoms with Crippen LogP contribution in [0.25, 0.3) is 6.08 Å². The molecule has 2 aromatic rings. The topological polar surface area (TPSA) is 55.4 Å². The third-order valence-electron chi connectivity index (χ3n) is 3.54. The molecule has 0 atom stereocenters. The first-order valence-corrected chi connectivity index (χ1v) is 9.51. The molecule has 0 radical (unpaired) electrons. The minimum absolute atomic E-state index is 0.236. The molecule has 0 unspecified atom stereocenters. The van der Waals surface area contributed by atoms with Crippen LogP contribution in [0.4, 0.5) is 5.00 Å². The summed E-state index contributed by atoms with van der Waals surface area (Å²) in [7, 11) is 0. The van der Waals surface area contributed by atoms with E-state index in [1.54, 1.807) is 38.1 Å². The van der Waals surface area contributed by atoms with Crippen LogP contribution in [0, 0.1) is 13.8 Å². The van der Waals surface area contributed by atoms with Gasteiger partial charge in [0.1, 0.15) is 5.00 Å². The molecule has 138 valence electrons. The van der Waals surface area contributed by atoms with Gasteiger partial charge in [-0.25, -0.2) is 4.79 Å². The highest BCUT2D eigenvalue weighted by Crippen LogP contribution is 2.33. The highest BCUT2D eigenvalue weighted by molar-refractivity contribution is 7.16. The van der Waals surface area contributed by atoms with Gasteiger partial charge in [0.15, 0.2) is 0 Å². The van der Waals surface area contributed by atoms with Crippen molar-refractivity contribution in [3.63, 3.8) is 0 Å². The molecule has 0 spiro atoms. The van der Waals surface area contributed by atoms with E-state index in [4.69, 9.17) is 27.9 Å². The summed E-state index contributed by atoms with van der Waals surface area (Å²) in [5, 5.41) is 4.10. The largest absolute Gasteiger partial charge is 0.459 e. The van der Waals surface area contributed by atoms with Crippen molar-refractivity contribution in [2.45, 2.75) is 33.8 Å². The average molecular weight is 412 g/mol. The summed E-state index contributed by atoms with van der Waals surface area (Å²) in [6.45, 7) is 7.30. The Morgan fingerprint density at radius 2 is 1.88 bits per heavy atom. The molecule has 0 aliphatic carbocycles. The summed E-state index contributed by atoms with van der Waals surface area (Å²) in [5.41, 5.74) is 1.95. The molecule has 0 saturated heterocycles. The Balaban J connectivity index is 2.18. The predicted molar refractivity (Wildman–Crippen MR) is 108 cm³/mol. The third kappa shape index (κ3) is 5.10. The first kappa shape index (κ1) is 20.5. The number of halogens is 2. The Hall–Kier alpha value is -1.82. The van der Waals surface area contributed by atoms with E-state index in [1.807, 2.05) is 13.8 Å². The molecule has 1 heterocycles. The van der Waals surface area contributed by atoms with E-state index in [0.717, 1.165) is 16.0 Å². The lowest BCUT2D eigenvalue weighted by molar-refractivity contribution is -0.111.